The number of benzene rings is 1. The van der Waals surface area contributed by atoms with Crippen LogP contribution in [-0.2, 0) is 25.6 Å². The molecule has 0 aliphatic rings. The smallest absolute Gasteiger partial charge is 0.216 e. The predicted molar refractivity (Wildman–Crippen MR) is 87.3 cm³/mol. The van der Waals surface area contributed by atoms with E-state index in [1.165, 1.54) is 6.92 Å². The maximum atomic E-state index is 12.0. The van der Waals surface area contributed by atoms with Crippen LogP contribution in [0, 0.1) is 0 Å². The number of hydrogen-bond donors (Lipinski definition) is 2. The maximum Gasteiger partial charge on any atom is 0.216 e. The summed E-state index contributed by atoms with van der Waals surface area (Å²) in [6.07, 6.45) is 1.06. The van der Waals surface area contributed by atoms with Crippen LogP contribution in [0.5, 0.6) is 0 Å². The minimum absolute atomic E-state index is 0.237. The van der Waals surface area contributed by atoms with Gasteiger partial charge in [0, 0.05) is 17.9 Å². The number of thiocarbonyl (C=S) groups is 1. The van der Waals surface area contributed by atoms with Gasteiger partial charge in [0.2, 0.25) is 10.0 Å². The Bertz CT molecular complexity index is 709. The highest BCUT2D eigenvalue weighted by molar-refractivity contribution is 7.91. The van der Waals surface area contributed by atoms with Gasteiger partial charge in [-0.1, -0.05) is 36.5 Å². The summed E-state index contributed by atoms with van der Waals surface area (Å²) >= 11 is 4.81. The van der Waals surface area contributed by atoms with Crippen LogP contribution in [0.4, 0.5) is 0 Å². The van der Waals surface area contributed by atoms with E-state index >= 15 is 0 Å². The van der Waals surface area contributed by atoms with Gasteiger partial charge in [-0.3, -0.25) is 0 Å². The molecule has 0 heterocycles. The van der Waals surface area contributed by atoms with E-state index in [2.05, 4.69) is 4.72 Å². The van der Waals surface area contributed by atoms with Crippen molar-refractivity contribution in [2.24, 2.45) is 5.73 Å². The molecule has 118 valence electrons. The first-order valence-corrected chi connectivity index (χ1v) is 10.2. The molecule has 0 aromatic heterocycles. The van der Waals surface area contributed by atoms with E-state index in [1.807, 2.05) is 0 Å². The zero-order chi connectivity index (χ0) is 16.3. The lowest BCUT2D eigenvalue weighted by molar-refractivity contribution is 0.564. The number of rotatable bonds is 7. The number of sulfonamides is 1. The predicted octanol–water partition coefficient (Wildman–Crippen LogP) is 0.173. The molecule has 0 aliphatic carbocycles. The average molecular weight is 350 g/mol. The fourth-order valence-electron chi connectivity index (χ4n) is 1.82. The molecule has 0 saturated carbocycles. The van der Waals surface area contributed by atoms with Gasteiger partial charge < -0.3 is 5.73 Å². The molecule has 1 aromatic carbocycles. The highest BCUT2D eigenvalue weighted by Crippen LogP contribution is 2.08. The standard InChI is InChI=1S/C12H18N2O4S3/c1-9(7-20(2,15)16)14-21(17,18)8-10-3-5-11(6-4-10)12(13)19/h3-6,9,14H,7-8H2,1-2H3,(H2,13,19). The normalized spacial score (nSPS) is 13.8. The third kappa shape index (κ3) is 6.98. The molecule has 1 rings (SSSR count). The first kappa shape index (κ1) is 18.0. The fraction of sp³-hybridized carbons (Fsp3) is 0.417. The van der Waals surface area contributed by atoms with Gasteiger partial charge in [0.25, 0.3) is 0 Å². The Balaban J connectivity index is 2.74. The van der Waals surface area contributed by atoms with Crippen LogP contribution in [0.3, 0.4) is 0 Å². The summed E-state index contributed by atoms with van der Waals surface area (Å²) in [6, 6.07) is 5.85. The summed E-state index contributed by atoms with van der Waals surface area (Å²) in [5, 5.41) is 0. The highest BCUT2D eigenvalue weighted by Gasteiger charge is 2.18. The molecule has 0 aliphatic heterocycles. The topological polar surface area (TPSA) is 106 Å². The molecule has 1 atom stereocenters. The van der Waals surface area contributed by atoms with Crippen LogP contribution < -0.4 is 10.5 Å². The van der Waals surface area contributed by atoms with Crippen molar-refractivity contribution in [3.8, 4) is 0 Å². The van der Waals surface area contributed by atoms with Crippen molar-refractivity contribution in [1.29, 1.82) is 0 Å². The van der Waals surface area contributed by atoms with Crippen molar-refractivity contribution in [3.63, 3.8) is 0 Å². The van der Waals surface area contributed by atoms with Gasteiger partial charge in [-0.05, 0) is 12.5 Å². The largest absolute Gasteiger partial charge is 0.389 e. The Hall–Kier alpha value is -1.03. The van der Waals surface area contributed by atoms with Crippen LogP contribution in [-0.4, -0.2) is 39.9 Å². The first-order chi connectivity index (χ1) is 9.48. The van der Waals surface area contributed by atoms with E-state index in [1.54, 1.807) is 24.3 Å². The van der Waals surface area contributed by atoms with E-state index in [9.17, 15) is 16.8 Å². The molecule has 1 aromatic rings. The molecule has 9 heteroatoms. The van der Waals surface area contributed by atoms with Gasteiger partial charge >= 0.3 is 0 Å². The Morgan fingerprint density at radius 1 is 1.24 bits per heavy atom. The van der Waals surface area contributed by atoms with Crippen molar-refractivity contribution in [2.45, 2.75) is 18.7 Å². The number of sulfone groups is 1. The molecule has 6 nitrogen and oxygen atoms in total. The van der Waals surface area contributed by atoms with Gasteiger partial charge in [-0.25, -0.2) is 21.6 Å². The lowest BCUT2D eigenvalue weighted by Gasteiger charge is -2.13. The molecular weight excluding hydrogens is 332 g/mol. The van der Waals surface area contributed by atoms with Crippen LogP contribution in [0.15, 0.2) is 24.3 Å². The van der Waals surface area contributed by atoms with Crippen molar-refractivity contribution in [3.05, 3.63) is 35.4 Å². The lowest BCUT2D eigenvalue weighted by Crippen LogP contribution is -2.37. The van der Waals surface area contributed by atoms with E-state index in [0.717, 1.165) is 6.26 Å². The summed E-state index contributed by atoms with van der Waals surface area (Å²) in [4.78, 5) is 0.240. The second kappa shape index (κ2) is 6.82. The molecule has 1 unspecified atom stereocenters. The SMILES string of the molecule is CC(CS(C)(=O)=O)NS(=O)(=O)Cc1ccc(C(N)=S)cc1. The van der Waals surface area contributed by atoms with Crippen LogP contribution in [0.1, 0.15) is 18.1 Å². The van der Waals surface area contributed by atoms with Gasteiger partial charge in [-0.15, -0.1) is 0 Å². The average Bonchev–Trinajstić information content (AvgIpc) is 2.24. The van der Waals surface area contributed by atoms with Gasteiger partial charge in [0.1, 0.15) is 14.8 Å². The number of hydrogen-bond acceptors (Lipinski definition) is 5. The summed E-state index contributed by atoms with van der Waals surface area (Å²) < 4.78 is 48.5. The molecule has 0 bridgehead atoms. The van der Waals surface area contributed by atoms with E-state index < -0.39 is 25.9 Å². The van der Waals surface area contributed by atoms with Crippen LogP contribution >= 0.6 is 12.2 Å². The van der Waals surface area contributed by atoms with Crippen molar-refractivity contribution in [2.75, 3.05) is 12.0 Å². The number of nitrogens with two attached hydrogens (primary N) is 1. The second-order valence-corrected chi connectivity index (χ2v) is 9.31. The monoisotopic (exact) mass is 350 g/mol. The third-order valence-corrected chi connectivity index (χ3v) is 5.34. The van der Waals surface area contributed by atoms with Gasteiger partial charge in [0.05, 0.1) is 11.5 Å². The van der Waals surface area contributed by atoms with E-state index in [0.29, 0.717) is 11.1 Å². The summed E-state index contributed by atoms with van der Waals surface area (Å²) in [5.74, 6) is -0.481. The molecule has 0 saturated heterocycles. The molecule has 3 N–H and O–H groups in total. The zero-order valence-corrected chi connectivity index (χ0v) is 14.2. The Morgan fingerprint density at radius 3 is 2.19 bits per heavy atom. The minimum atomic E-state index is -3.62. The fourth-order valence-corrected chi connectivity index (χ4v) is 4.47. The molecule has 0 radical (unpaired) electrons. The molecule has 0 spiro atoms. The van der Waals surface area contributed by atoms with E-state index in [4.69, 9.17) is 18.0 Å². The first-order valence-electron chi connectivity index (χ1n) is 6.05. The van der Waals surface area contributed by atoms with Gasteiger partial charge in [0.15, 0.2) is 0 Å². The van der Waals surface area contributed by atoms with Crippen LogP contribution in [0.2, 0.25) is 0 Å². The molecule has 0 fully saturated rings. The Kier molecular flexibility index (Phi) is 5.85. The Labute approximate surface area is 130 Å². The molecule has 0 amide bonds. The summed E-state index contributed by atoms with van der Waals surface area (Å²) in [7, 11) is -6.86. The minimum Gasteiger partial charge on any atom is -0.389 e. The van der Waals surface area contributed by atoms with Gasteiger partial charge in [-0.2, -0.15) is 0 Å². The highest BCUT2D eigenvalue weighted by atomic mass is 32.2. The third-order valence-electron chi connectivity index (χ3n) is 2.53. The maximum absolute atomic E-state index is 12.0. The van der Waals surface area contributed by atoms with E-state index in [-0.39, 0.29) is 16.5 Å². The Morgan fingerprint density at radius 2 is 1.76 bits per heavy atom. The second-order valence-electron chi connectivity index (χ2n) is 4.93. The van der Waals surface area contributed by atoms with Crippen molar-refractivity contribution in [1.82, 2.24) is 4.72 Å². The van der Waals surface area contributed by atoms with Crippen molar-refractivity contribution >= 4 is 37.1 Å². The lowest BCUT2D eigenvalue weighted by atomic mass is 10.1. The molecular formula is C12H18N2O4S3. The quantitative estimate of drug-likeness (QED) is 0.679. The molecule has 21 heavy (non-hydrogen) atoms. The number of nitrogens with one attached hydrogen (secondary N) is 1. The summed E-state index contributed by atoms with van der Waals surface area (Å²) in [5.41, 5.74) is 6.68. The summed E-state index contributed by atoms with van der Waals surface area (Å²) in [6.45, 7) is 1.51. The zero-order valence-electron chi connectivity index (χ0n) is 11.7. The van der Waals surface area contributed by atoms with Crippen LogP contribution in [0.25, 0.3) is 0 Å². The van der Waals surface area contributed by atoms with Crippen molar-refractivity contribution < 1.29 is 16.8 Å².